The third-order valence-corrected chi connectivity index (χ3v) is 4.30. The summed E-state index contributed by atoms with van der Waals surface area (Å²) in [4.78, 5) is 9.83. The molecule has 0 spiro atoms. The second-order valence-electron chi connectivity index (χ2n) is 3.73. The van der Waals surface area contributed by atoms with Gasteiger partial charge in [-0.05, 0) is 19.1 Å². The highest BCUT2D eigenvalue weighted by atomic mass is 32.2. The number of nitrogens with two attached hydrogens (primary N) is 1. The second-order valence-corrected chi connectivity index (χ2v) is 5.96. The van der Waals surface area contributed by atoms with Crippen LogP contribution in [0.1, 0.15) is 5.69 Å². The highest BCUT2D eigenvalue weighted by molar-refractivity contribution is 8.02. The highest BCUT2D eigenvalue weighted by Crippen LogP contribution is 2.21. The molecule has 5 heteroatoms. The molecule has 0 aliphatic carbocycles. The topological polar surface area (TPSA) is 51.8 Å². The number of rotatable bonds is 5. The van der Waals surface area contributed by atoms with Crippen molar-refractivity contribution in [3.63, 3.8) is 0 Å². The van der Waals surface area contributed by atoms with Gasteiger partial charge in [-0.3, -0.25) is 0 Å². The maximum atomic E-state index is 5.69. The van der Waals surface area contributed by atoms with E-state index in [0.717, 1.165) is 22.4 Å². The summed E-state index contributed by atoms with van der Waals surface area (Å²) in [7, 11) is 0. The summed E-state index contributed by atoms with van der Waals surface area (Å²) >= 11 is 3.49. The molecule has 1 aromatic heterocycles. The molecule has 1 heterocycles. The lowest BCUT2D eigenvalue weighted by Crippen LogP contribution is -1.97. The second kappa shape index (κ2) is 6.66. The Morgan fingerprint density at radius 2 is 1.78 bits per heavy atom. The van der Waals surface area contributed by atoms with E-state index in [4.69, 9.17) is 5.73 Å². The van der Waals surface area contributed by atoms with E-state index < -0.39 is 0 Å². The van der Waals surface area contributed by atoms with Crippen LogP contribution >= 0.6 is 23.5 Å². The van der Waals surface area contributed by atoms with Crippen molar-refractivity contribution < 1.29 is 0 Å². The minimum absolute atomic E-state index is 0.542. The summed E-state index contributed by atoms with van der Waals surface area (Å²) in [5.74, 6) is 2.55. The molecule has 0 fully saturated rings. The number of thioether (sulfide) groups is 2. The molecule has 94 valence electrons. The largest absolute Gasteiger partial charge is 0.384 e. The van der Waals surface area contributed by atoms with Gasteiger partial charge in [-0.25, -0.2) is 9.97 Å². The molecule has 0 bridgehead atoms. The van der Waals surface area contributed by atoms with Gasteiger partial charge in [0.2, 0.25) is 0 Å². The number of benzene rings is 1. The van der Waals surface area contributed by atoms with Crippen molar-refractivity contribution in [3.05, 3.63) is 42.1 Å². The van der Waals surface area contributed by atoms with Crippen LogP contribution in [-0.4, -0.2) is 21.5 Å². The predicted molar refractivity (Wildman–Crippen MR) is 79.1 cm³/mol. The summed E-state index contributed by atoms with van der Waals surface area (Å²) in [5.41, 5.74) is 6.60. The normalized spacial score (nSPS) is 10.5. The Kier molecular flexibility index (Phi) is 4.90. The van der Waals surface area contributed by atoms with Crippen LogP contribution in [0.15, 0.2) is 46.5 Å². The predicted octanol–water partition coefficient (Wildman–Crippen LogP) is 3.25. The van der Waals surface area contributed by atoms with Crippen LogP contribution in [-0.2, 0) is 0 Å². The minimum Gasteiger partial charge on any atom is -0.384 e. The molecule has 2 rings (SSSR count). The van der Waals surface area contributed by atoms with Crippen LogP contribution in [0.4, 0.5) is 5.82 Å². The molecule has 0 saturated carbocycles. The van der Waals surface area contributed by atoms with Crippen LogP contribution in [0.3, 0.4) is 0 Å². The Bertz CT molecular complexity index is 483. The highest BCUT2D eigenvalue weighted by Gasteiger charge is 2.01. The van der Waals surface area contributed by atoms with Gasteiger partial charge in [0.15, 0.2) is 5.16 Å². The molecule has 2 aromatic rings. The fraction of sp³-hybridized carbons (Fsp3) is 0.231. The number of anilines is 1. The first-order valence-electron chi connectivity index (χ1n) is 5.66. The fourth-order valence-corrected chi connectivity index (χ4v) is 3.25. The average Bonchev–Trinajstić information content (AvgIpc) is 2.35. The van der Waals surface area contributed by atoms with Crippen molar-refractivity contribution in [2.75, 3.05) is 17.2 Å². The third kappa shape index (κ3) is 4.23. The van der Waals surface area contributed by atoms with Crippen LogP contribution in [0.25, 0.3) is 0 Å². The Balaban J connectivity index is 1.78. The van der Waals surface area contributed by atoms with E-state index in [0.29, 0.717) is 5.82 Å². The van der Waals surface area contributed by atoms with E-state index in [1.165, 1.54) is 4.90 Å². The molecule has 18 heavy (non-hydrogen) atoms. The SMILES string of the molecule is Cc1cc(N)nc(SCCSc2ccccc2)n1. The smallest absolute Gasteiger partial charge is 0.189 e. The molecular weight excluding hydrogens is 262 g/mol. The molecule has 0 saturated heterocycles. The van der Waals surface area contributed by atoms with Crippen molar-refractivity contribution in [2.45, 2.75) is 17.0 Å². The molecule has 0 amide bonds. The van der Waals surface area contributed by atoms with Crippen LogP contribution in [0.2, 0.25) is 0 Å². The van der Waals surface area contributed by atoms with Crippen molar-refractivity contribution in [1.82, 2.24) is 9.97 Å². The number of nitrogen functional groups attached to an aromatic ring is 1. The quantitative estimate of drug-likeness (QED) is 0.516. The number of aromatic nitrogens is 2. The van der Waals surface area contributed by atoms with Crippen molar-refractivity contribution in [1.29, 1.82) is 0 Å². The first-order valence-corrected chi connectivity index (χ1v) is 7.63. The van der Waals surface area contributed by atoms with E-state index in [2.05, 4.69) is 34.2 Å². The number of aryl methyl sites for hydroxylation is 1. The van der Waals surface area contributed by atoms with Gasteiger partial charge in [-0.1, -0.05) is 30.0 Å². The summed E-state index contributed by atoms with van der Waals surface area (Å²) in [6.45, 7) is 1.93. The number of nitrogens with zero attached hydrogens (tertiary/aromatic N) is 2. The molecule has 0 atom stereocenters. The van der Waals surface area contributed by atoms with Crippen molar-refractivity contribution in [3.8, 4) is 0 Å². The van der Waals surface area contributed by atoms with E-state index in [-0.39, 0.29) is 0 Å². The minimum atomic E-state index is 0.542. The van der Waals surface area contributed by atoms with Crippen LogP contribution in [0, 0.1) is 6.92 Å². The van der Waals surface area contributed by atoms with Gasteiger partial charge in [-0.15, -0.1) is 11.8 Å². The van der Waals surface area contributed by atoms with Crippen LogP contribution < -0.4 is 5.73 Å². The average molecular weight is 277 g/mol. The van der Waals surface area contributed by atoms with Gasteiger partial charge in [0.05, 0.1) is 0 Å². The van der Waals surface area contributed by atoms with E-state index in [1.807, 2.05) is 24.8 Å². The standard InChI is InChI=1S/C13H15N3S2/c1-10-9-12(14)16-13(15-10)18-8-7-17-11-5-3-2-4-6-11/h2-6,9H,7-8H2,1H3,(H2,14,15,16). The summed E-state index contributed by atoms with van der Waals surface area (Å²) < 4.78 is 0. The molecule has 0 aliphatic rings. The number of hydrogen-bond donors (Lipinski definition) is 1. The fourth-order valence-electron chi connectivity index (χ4n) is 1.44. The molecule has 0 aliphatic heterocycles. The van der Waals surface area contributed by atoms with Crippen molar-refractivity contribution in [2.24, 2.45) is 0 Å². The van der Waals surface area contributed by atoms with Gasteiger partial charge in [0.25, 0.3) is 0 Å². The monoisotopic (exact) mass is 277 g/mol. The Morgan fingerprint density at radius 1 is 1.06 bits per heavy atom. The molecule has 0 unspecified atom stereocenters. The van der Waals surface area contributed by atoms with Crippen LogP contribution in [0.5, 0.6) is 0 Å². The Labute approximate surface area is 116 Å². The first-order chi connectivity index (χ1) is 8.74. The maximum absolute atomic E-state index is 5.69. The van der Waals surface area contributed by atoms with Gasteiger partial charge < -0.3 is 5.73 Å². The zero-order valence-corrected chi connectivity index (χ0v) is 11.8. The molecular formula is C13H15N3S2. The lowest BCUT2D eigenvalue weighted by atomic mass is 10.4. The summed E-state index contributed by atoms with van der Waals surface area (Å²) in [6.07, 6.45) is 0. The maximum Gasteiger partial charge on any atom is 0.189 e. The van der Waals surface area contributed by atoms with Gasteiger partial charge in [0.1, 0.15) is 5.82 Å². The molecule has 2 N–H and O–H groups in total. The Hall–Kier alpha value is -1.20. The van der Waals surface area contributed by atoms with Crippen molar-refractivity contribution >= 4 is 29.3 Å². The first kappa shape index (κ1) is 13.2. The Morgan fingerprint density at radius 3 is 2.50 bits per heavy atom. The zero-order chi connectivity index (χ0) is 12.8. The number of hydrogen-bond acceptors (Lipinski definition) is 5. The van der Waals surface area contributed by atoms with Gasteiger partial charge in [-0.2, -0.15) is 0 Å². The molecule has 1 aromatic carbocycles. The lowest BCUT2D eigenvalue weighted by molar-refractivity contribution is 0.941. The molecule has 3 nitrogen and oxygen atoms in total. The van der Waals surface area contributed by atoms with Gasteiger partial charge >= 0.3 is 0 Å². The third-order valence-electron chi connectivity index (χ3n) is 2.18. The van der Waals surface area contributed by atoms with E-state index in [9.17, 15) is 0 Å². The summed E-state index contributed by atoms with van der Waals surface area (Å²) in [6, 6.07) is 12.2. The summed E-state index contributed by atoms with van der Waals surface area (Å²) in [5, 5.41) is 0.765. The van der Waals surface area contributed by atoms with Gasteiger partial charge in [0, 0.05) is 28.2 Å². The lowest BCUT2D eigenvalue weighted by Gasteiger charge is -2.03. The van der Waals surface area contributed by atoms with E-state index in [1.54, 1.807) is 17.8 Å². The molecule has 0 radical (unpaired) electrons. The zero-order valence-electron chi connectivity index (χ0n) is 10.2. The van der Waals surface area contributed by atoms with E-state index >= 15 is 0 Å².